The Morgan fingerprint density at radius 1 is 1.16 bits per heavy atom. The summed E-state index contributed by atoms with van der Waals surface area (Å²) in [6.07, 6.45) is 6.34. The first-order chi connectivity index (χ1) is 12.2. The molecule has 1 N–H and O–H groups in total. The number of benzene rings is 1. The van der Waals surface area contributed by atoms with Gasteiger partial charge in [0.2, 0.25) is 5.91 Å². The van der Waals surface area contributed by atoms with Gasteiger partial charge in [0.1, 0.15) is 11.6 Å². The van der Waals surface area contributed by atoms with Crippen molar-refractivity contribution in [2.45, 2.75) is 31.6 Å². The molecule has 1 aliphatic heterocycles. The van der Waals surface area contributed by atoms with Gasteiger partial charge >= 0.3 is 0 Å². The van der Waals surface area contributed by atoms with Crippen LogP contribution in [0.15, 0.2) is 42.6 Å². The summed E-state index contributed by atoms with van der Waals surface area (Å²) >= 11 is 0. The SMILES string of the molecule is O=C(Nc1ccc(N2CCCCC2)cn1)[C@H]1C[C@H]1c1cccc(F)c1. The fourth-order valence-electron chi connectivity index (χ4n) is 3.61. The molecular weight excluding hydrogens is 317 g/mol. The van der Waals surface area contributed by atoms with E-state index in [2.05, 4.69) is 15.2 Å². The van der Waals surface area contributed by atoms with Gasteiger partial charge in [-0.3, -0.25) is 4.79 Å². The lowest BCUT2D eigenvalue weighted by Crippen LogP contribution is -2.29. The molecule has 2 aliphatic rings. The number of hydrogen-bond acceptors (Lipinski definition) is 3. The molecule has 1 aliphatic carbocycles. The number of piperidine rings is 1. The van der Waals surface area contributed by atoms with Gasteiger partial charge in [-0.05, 0) is 61.4 Å². The van der Waals surface area contributed by atoms with Crippen LogP contribution in [-0.2, 0) is 4.79 Å². The summed E-state index contributed by atoms with van der Waals surface area (Å²) in [5, 5.41) is 2.89. The second-order valence-electron chi connectivity index (χ2n) is 6.94. The van der Waals surface area contributed by atoms with E-state index in [1.165, 1.54) is 31.4 Å². The molecule has 0 unspecified atom stereocenters. The van der Waals surface area contributed by atoms with E-state index in [0.717, 1.165) is 30.8 Å². The van der Waals surface area contributed by atoms with Gasteiger partial charge in [-0.1, -0.05) is 12.1 Å². The first-order valence-corrected chi connectivity index (χ1v) is 8.98. The van der Waals surface area contributed by atoms with Gasteiger partial charge in [0.15, 0.2) is 0 Å². The fourth-order valence-corrected chi connectivity index (χ4v) is 3.61. The van der Waals surface area contributed by atoms with E-state index in [1.54, 1.807) is 6.07 Å². The predicted molar refractivity (Wildman–Crippen MR) is 96.2 cm³/mol. The predicted octanol–water partition coefficient (Wildman–Crippen LogP) is 3.95. The zero-order valence-corrected chi connectivity index (χ0v) is 14.1. The molecule has 5 heteroatoms. The Kier molecular flexibility index (Phi) is 4.38. The molecule has 2 atom stereocenters. The lowest BCUT2D eigenvalue weighted by molar-refractivity contribution is -0.117. The Morgan fingerprint density at radius 2 is 2.00 bits per heavy atom. The van der Waals surface area contributed by atoms with Gasteiger partial charge in [0, 0.05) is 19.0 Å². The highest BCUT2D eigenvalue weighted by Gasteiger charge is 2.44. The van der Waals surface area contributed by atoms with Gasteiger partial charge in [0.05, 0.1) is 11.9 Å². The average molecular weight is 339 g/mol. The number of hydrogen-bond donors (Lipinski definition) is 1. The first kappa shape index (κ1) is 16.1. The van der Waals surface area contributed by atoms with Crippen molar-refractivity contribution in [1.29, 1.82) is 0 Å². The standard InChI is InChI=1S/C20H22FN3O/c21-15-6-4-5-14(11-15)17-12-18(17)20(25)23-19-8-7-16(13-22-19)24-9-2-1-3-10-24/h4-8,11,13,17-18H,1-3,9-10,12H2,(H,22,23,25)/t17-,18-/m0/s1. The zero-order valence-electron chi connectivity index (χ0n) is 14.1. The van der Waals surface area contributed by atoms with Gasteiger partial charge < -0.3 is 10.2 Å². The van der Waals surface area contributed by atoms with Crippen molar-refractivity contribution in [3.05, 3.63) is 54.0 Å². The average Bonchev–Trinajstić information content (AvgIpc) is 3.44. The minimum atomic E-state index is -0.251. The van der Waals surface area contributed by atoms with Crippen molar-refractivity contribution in [2.24, 2.45) is 5.92 Å². The largest absolute Gasteiger partial charge is 0.370 e. The summed E-state index contributed by atoms with van der Waals surface area (Å²) in [4.78, 5) is 19.1. The number of halogens is 1. The van der Waals surface area contributed by atoms with E-state index in [1.807, 2.05) is 24.4 Å². The summed E-state index contributed by atoms with van der Waals surface area (Å²) < 4.78 is 13.3. The Morgan fingerprint density at radius 3 is 2.72 bits per heavy atom. The van der Waals surface area contributed by atoms with Gasteiger partial charge in [-0.25, -0.2) is 9.37 Å². The van der Waals surface area contributed by atoms with Crippen LogP contribution in [0, 0.1) is 11.7 Å². The fraction of sp³-hybridized carbons (Fsp3) is 0.400. The van der Waals surface area contributed by atoms with Gasteiger partial charge in [-0.2, -0.15) is 0 Å². The van der Waals surface area contributed by atoms with Crippen LogP contribution in [0.4, 0.5) is 15.9 Å². The van der Waals surface area contributed by atoms with Crippen molar-refractivity contribution < 1.29 is 9.18 Å². The molecule has 2 fully saturated rings. The molecule has 25 heavy (non-hydrogen) atoms. The number of nitrogens with zero attached hydrogens (tertiary/aromatic N) is 2. The monoisotopic (exact) mass is 339 g/mol. The summed E-state index contributed by atoms with van der Waals surface area (Å²) in [6, 6.07) is 10.4. The van der Waals surface area contributed by atoms with Crippen LogP contribution in [0.3, 0.4) is 0 Å². The molecule has 1 aromatic carbocycles. The van der Waals surface area contributed by atoms with Crippen LogP contribution in [0.1, 0.15) is 37.2 Å². The molecular formula is C20H22FN3O. The molecule has 1 saturated heterocycles. The van der Waals surface area contributed by atoms with E-state index in [0.29, 0.717) is 5.82 Å². The highest BCUT2D eigenvalue weighted by molar-refractivity contribution is 5.94. The number of rotatable bonds is 4. The van der Waals surface area contributed by atoms with E-state index in [-0.39, 0.29) is 23.6 Å². The Hall–Kier alpha value is -2.43. The second-order valence-corrected chi connectivity index (χ2v) is 6.94. The normalized spacial score (nSPS) is 22.5. The van der Waals surface area contributed by atoms with Crippen LogP contribution < -0.4 is 10.2 Å². The van der Waals surface area contributed by atoms with Gasteiger partial charge in [0.25, 0.3) is 0 Å². The van der Waals surface area contributed by atoms with Crippen LogP contribution in [0.25, 0.3) is 0 Å². The highest BCUT2D eigenvalue weighted by Crippen LogP contribution is 2.48. The number of carbonyl (C=O) groups excluding carboxylic acids is 1. The summed E-state index contributed by atoms with van der Waals surface area (Å²) in [5.41, 5.74) is 2.01. The van der Waals surface area contributed by atoms with E-state index >= 15 is 0 Å². The summed E-state index contributed by atoms with van der Waals surface area (Å²) in [6.45, 7) is 2.15. The number of carbonyl (C=O) groups is 1. The molecule has 1 amide bonds. The minimum Gasteiger partial charge on any atom is -0.370 e. The molecule has 0 spiro atoms. The molecule has 1 saturated carbocycles. The number of amides is 1. The van der Waals surface area contributed by atoms with E-state index in [9.17, 15) is 9.18 Å². The molecule has 0 radical (unpaired) electrons. The molecule has 130 valence electrons. The molecule has 4 rings (SSSR count). The van der Waals surface area contributed by atoms with E-state index < -0.39 is 0 Å². The van der Waals surface area contributed by atoms with Gasteiger partial charge in [-0.15, -0.1) is 0 Å². The number of pyridine rings is 1. The topological polar surface area (TPSA) is 45.2 Å². The maximum Gasteiger partial charge on any atom is 0.229 e. The molecule has 4 nitrogen and oxygen atoms in total. The van der Waals surface area contributed by atoms with Crippen molar-refractivity contribution in [3.8, 4) is 0 Å². The van der Waals surface area contributed by atoms with Crippen LogP contribution >= 0.6 is 0 Å². The van der Waals surface area contributed by atoms with Crippen molar-refractivity contribution in [3.63, 3.8) is 0 Å². The maximum atomic E-state index is 13.3. The molecule has 1 aromatic heterocycles. The smallest absolute Gasteiger partial charge is 0.229 e. The maximum absolute atomic E-state index is 13.3. The van der Waals surface area contributed by atoms with Crippen molar-refractivity contribution in [1.82, 2.24) is 4.98 Å². The van der Waals surface area contributed by atoms with Crippen LogP contribution in [0.2, 0.25) is 0 Å². The third-order valence-corrected chi connectivity index (χ3v) is 5.12. The zero-order chi connectivity index (χ0) is 17.2. The quantitative estimate of drug-likeness (QED) is 0.917. The highest BCUT2D eigenvalue weighted by atomic mass is 19.1. The second kappa shape index (κ2) is 6.82. The summed E-state index contributed by atoms with van der Waals surface area (Å²) in [7, 11) is 0. The minimum absolute atomic E-state index is 0.0347. The Labute approximate surface area is 147 Å². The third-order valence-electron chi connectivity index (χ3n) is 5.12. The van der Waals surface area contributed by atoms with Crippen molar-refractivity contribution in [2.75, 3.05) is 23.3 Å². The van der Waals surface area contributed by atoms with Crippen LogP contribution in [-0.4, -0.2) is 24.0 Å². The molecule has 2 aromatic rings. The van der Waals surface area contributed by atoms with Crippen LogP contribution in [0.5, 0.6) is 0 Å². The lowest BCUT2D eigenvalue weighted by Gasteiger charge is -2.28. The Bertz CT molecular complexity index is 756. The lowest BCUT2D eigenvalue weighted by atomic mass is 10.1. The number of anilines is 2. The number of nitrogens with one attached hydrogen (secondary N) is 1. The van der Waals surface area contributed by atoms with E-state index in [4.69, 9.17) is 0 Å². The Balaban J connectivity index is 1.35. The molecule has 0 bridgehead atoms. The third kappa shape index (κ3) is 3.65. The first-order valence-electron chi connectivity index (χ1n) is 8.98. The number of aromatic nitrogens is 1. The van der Waals surface area contributed by atoms with Crippen molar-refractivity contribution >= 4 is 17.4 Å². The summed E-state index contributed by atoms with van der Waals surface area (Å²) in [5.74, 6) is 0.315. The molecule has 2 heterocycles.